The number of halogens is 1. The molecule has 2 heterocycles. The van der Waals surface area contributed by atoms with E-state index in [1.165, 1.54) is 18.7 Å². The number of hydrogen-bond acceptors (Lipinski definition) is 10. The molecular weight excluding hydrogens is 708 g/mol. The number of nitrogens with zero attached hydrogens (tertiary/aromatic N) is 3. The van der Waals surface area contributed by atoms with Gasteiger partial charge < -0.3 is 29.5 Å². The summed E-state index contributed by atoms with van der Waals surface area (Å²) in [5, 5.41) is 41.8. The van der Waals surface area contributed by atoms with Crippen molar-refractivity contribution >= 4 is 17.6 Å². The van der Waals surface area contributed by atoms with Crippen molar-refractivity contribution in [1.29, 1.82) is 5.26 Å². The number of nitriles is 1. The Hall–Kier alpha value is -4.70. The van der Waals surface area contributed by atoms with Gasteiger partial charge >= 0.3 is 5.97 Å². The van der Waals surface area contributed by atoms with E-state index < -0.39 is 18.1 Å². The van der Waals surface area contributed by atoms with Crippen LogP contribution in [0.15, 0.2) is 67.0 Å². The van der Waals surface area contributed by atoms with Crippen LogP contribution < -0.4 is 19.5 Å². The molecule has 4 atom stereocenters. The number of rotatable bonds is 17. The largest absolute Gasteiger partial charge is 0.493 e. The quantitative estimate of drug-likeness (QED) is 0.0888. The second kappa shape index (κ2) is 18.1. The number of hydrogen-bond donors (Lipinski definition) is 4. The highest BCUT2D eigenvalue weighted by Crippen LogP contribution is 2.44. The van der Waals surface area contributed by atoms with Gasteiger partial charge in [-0.15, -0.1) is 0 Å². The maximum Gasteiger partial charge on any atom is 0.323 e. The maximum absolute atomic E-state index is 11.7. The Labute approximate surface area is 321 Å². The number of carboxylic acid groups (broad SMARTS) is 1. The van der Waals surface area contributed by atoms with E-state index in [0.29, 0.717) is 39.8 Å². The molecule has 1 saturated heterocycles. The molecule has 1 aliphatic carbocycles. The van der Waals surface area contributed by atoms with Crippen LogP contribution in [0.2, 0.25) is 5.02 Å². The van der Waals surface area contributed by atoms with Crippen LogP contribution in [0.25, 0.3) is 11.1 Å². The van der Waals surface area contributed by atoms with Crippen molar-refractivity contribution in [2.45, 2.75) is 83.4 Å². The van der Waals surface area contributed by atoms with E-state index in [0.717, 1.165) is 73.2 Å². The van der Waals surface area contributed by atoms with E-state index in [1.807, 2.05) is 18.2 Å². The number of benzene rings is 3. The van der Waals surface area contributed by atoms with E-state index in [1.54, 1.807) is 24.4 Å². The number of carboxylic acids is 1. The molecule has 0 bridgehead atoms. The number of nitrogens with one attached hydrogen (secondary N) is 1. The Kier molecular flexibility index (Phi) is 13.1. The van der Waals surface area contributed by atoms with E-state index in [-0.39, 0.29) is 31.9 Å². The minimum absolute atomic E-state index is 0.0497. The number of aromatic nitrogens is 1. The van der Waals surface area contributed by atoms with Crippen molar-refractivity contribution < 1.29 is 34.3 Å². The van der Waals surface area contributed by atoms with Crippen molar-refractivity contribution in [3.63, 3.8) is 0 Å². The highest BCUT2D eigenvalue weighted by Gasteiger charge is 2.29. The molecule has 12 heteroatoms. The first-order valence-corrected chi connectivity index (χ1v) is 18.8. The summed E-state index contributed by atoms with van der Waals surface area (Å²) in [4.78, 5) is 18.2. The molecule has 4 N–H and O–H groups in total. The van der Waals surface area contributed by atoms with E-state index in [2.05, 4.69) is 46.4 Å². The molecule has 0 radical (unpaired) electrons. The summed E-state index contributed by atoms with van der Waals surface area (Å²) in [6.07, 6.45) is 6.30. The zero-order valence-electron chi connectivity index (χ0n) is 30.6. The lowest BCUT2D eigenvalue weighted by Gasteiger charge is -2.22. The van der Waals surface area contributed by atoms with Crippen molar-refractivity contribution in [3.8, 4) is 34.4 Å². The third-order valence-electron chi connectivity index (χ3n) is 10.3. The number of likely N-dealkylation sites (tertiary alicyclic amines) is 1. The van der Waals surface area contributed by atoms with Gasteiger partial charge in [-0.1, -0.05) is 41.9 Å². The molecule has 284 valence electrons. The summed E-state index contributed by atoms with van der Waals surface area (Å²) < 4.78 is 19.1. The summed E-state index contributed by atoms with van der Waals surface area (Å²) in [7, 11) is 0. The molecule has 4 aromatic rings. The lowest BCUT2D eigenvalue weighted by atomic mass is 9.93. The molecule has 0 amide bonds. The third kappa shape index (κ3) is 9.14. The lowest BCUT2D eigenvalue weighted by molar-refractivity contribution is -0.142. The first kappa shape index (κ1) is 39.0. The number of pyridine rings is 1. The summed E-state index contributed by atoms with van der Waals surface area (Å²) >= 11 is 6.83. The first-order valence-electron chi connectivity index (χ1n) is 18.5. The molecule has 0 spiro atoms. The smallest absolute Gasteiger partial charge is 0.323 e. The van der Waals surface area contributed by atoms with Gasteiger partial charge in [0.05, 0.1) is 29.9 Å². The summed E-state index contributed by atoms with van der Waals surface area (Å²) in [5.74, 6) is 0.506. The zero-order valence-corrected chi connectivity index (χ0v) is 31.4. The zero-order chi connectivity index (χ0) is 38.2. The summed E-state index contributed by atoms with van der Waals surface area (Å²) in [5.41, 5.74) is 7.27. The van der Waals surface area contributed by atoms with Crippen LogP contribution in [0.1, 0.15) is 72.1 Å². The van der Waals surface area contributed by atoms with Gasteiger partial charge in [-0.2, -0.15) is 5.26 Å². The van der Waals surface area contributed by atoms with Crippen LogP contribution in [0, 0.1) is 18.3 Å². The summed E-state index contributed by atoms with van der Waals surface area (Å²) in [6, 6.07) is 18.7. The fourth-order valence-electron chi connectivity index (χ4n) is 7.46. The highest BCUT2D eigenvalue weighted by molar-refractivity contribution is 6.32. The molecular formula is C42H47ClN4O7. The molecule has 6 rings (SSSR count). The molecule has 3 aromatic carbocycles. The minimum atomic E-state index is -1.20. The Balaban J connectivity index is 1.20. The SMILES string of the molecule is Cc1c(OCCCN2CCC[C@H]2CO)cccc1-c1cccc2c1CC[C@@H]2Oc1cc(OCc2cncc(C#N)c2)c(CN[C@H](C(=O)O)[C@@H](C)O)cc1Cl. The predicted octanol–water partition coefficient (Wildman–Crippen LogP) is 6.38. The Morgan fingerprint density at radius 2 is 1.91 bits per heavy atom. The van der Waals surface area contributed by atoms with Gasteiger partial charge in [0.15, 0.2) is 0 Å². The monoisotopic (exact) mass is 754 g/mol. The normalized spacial score (nSPS) is 17.8. The lowest BCUT2D eigenvalue weighted by Crippen LogP contribution is -2.44. The minimum Gasteiger partial charge on any atom is -0.493 e. The number of aliphatic carboxylic acids is 1. The molecule has 1 aromatic heterocycles. The molecule has 11 nitrogen and oxygen atoms in total. The highest BCUT2D eigenvalue weighted by atomic mass is 35.5. The van der Waals surface area contributed by atoms with Crippen LogP contribution in [-0.4, -0.2) is 75.7 Å². The molecule has 0 unspecified atom stereocenters. The van der Waals surface area contributed by atoms with Crippen LogP contribution in [0.5, 0.6) is 17.2 Å². The number of fused-ring (bicyclic) bond motifs is 1. The number of aliphatic hydroxyl groups is 2. The number of carbonyl (C=O) groups is 1. The average Bonchev–Trinajstić information content (AvgIpc) is 3.81. The number of ether oxygens (including phenoxy) is 3. The van der Waals surface area contributed by atoms with Gasteiger partial charge in [0.25, 0.3) is 0 Å². The van der Waals surface area contributed by atoms with E-state index >= 15 is 0 Å². The molecule has 2 aliphatic rings. The van der Waals surface area contributed by atoms with Crippen molar-refractivity contribution in [2.75, 3.05) is 26.3 Å². The van der Waals surface area contributed by atoms with E-state index in [4.69, 9.17) is 25.8 Å². The summed E-state index contributed by atoms with van der Waals surface area (Å²) in [6.45, 7) is 6.41. The first-order chi connectivity index (χ1) is 26.2. The molecule has 54 heavy (non-hydrogen) atoms. The van der Waals surface area contributed by atoms with Crippen LogP contribution in [0.3, 0.4) is 0 Å². The Morgan fingerprint density at radius 1 is 1.09 bits per heavy atom. The molecule has 1 fully saturated rings. The van der Waals surface area contributed by atoms with Gasteiger partial charge in [0, 0.05) is 48.7 Å². The van der Waals surface area contributed by atoms with Gasteiger partial charge in [0.2, 0.25) is 0 Å². The number of aliphatic hydroxyl groups excluding tert-OH is 2. The Bertz CT molecular complexity index is 1980. The third-order valence-corrected chi connectivity index (χ3v) is 10.6. The van der Waals surface area contributed by atoms with Gasteiger partial charge in [-0.25, -0.2) is 0 Å². The predicted molar refractivity (Wildman–Crippen MR) is 205 cm³/mol. The molecule has 0 saturated carbocycles. The van der Waals surface area contributed by atoms with Crippen LogP contribution in [0.4, 0.5) is 0 Å². The fraction of sp³-hybridized carbons (Fsp3) is 0.405. The second-order valence-electron chi connectivity index (χ2n) is 14.0. The standard InChI is InChI=1S/C42H47ClN4O7/c1-26-32(8-4-11-37(26)52-16-6-15-47-14-5-7-31(47)24-48)33-9-3-10-35-34(33)12-13-38(35)54-40-19-39(53-25-29-17-28(20-44)21-45-22-29)30(18-36(40)43)23-46-41(27(2)49)42(50)51/h3-4,8-11,17-19,21-22,27,31,38,41,46,48-49H,5-7,12-16,23-25H2,1-2H3,(H,50,51)/t27-,31+,38+,41+/m1/s1. The Morgan fingerprint density at radius 3 is 2.69 bits per heavy atom. The van der Waals surface area contributed by atoms with Gasteiger partial charge in [0.1, 0.15) is 42.1 Å². The van der Waals surface area contributed by atoms with Crippen LogP contribution >= 0.6 is 11.6 Å². The van der Waals surface area contributed by atoms with Crippen molar-refractivity contribution in [3.05, 3.63) is 105 Å². The van der Waals surface area contributed by atoms with Gasteiger partial charge in [-0.3, -0.25) is 20.0 Å². The van der Waals surface area contributed by atoms with Crippen LogP contribution in [-0.2, 0) is 24.4 Å². The van der Waals surface area contributed by atoms with Crippen molar-refractivity contribution in [2.24, 2.45) is 0 Å². The fourth-order valence-corrected chi connectivity index (χ4v) is 7.70. The van der Waals surface area contributed by atoms with Gasteiger partial charge in [-0.05, 0) is 98.5 Å². The van der Waals surface area contributed by atoms with Crippen molar-refractivity contribution in [1.82, 2.24) is 15.2 Å². The topological polar surface area (TPSA) is 157 Å². The maximum atomic E-state index is 11.7. The second-order valence-corrected chi connectivity index (χ2v) is 14.4. The average molecular weight is 755 g/mol. The van der Waals surface area contributed by atoms with E-state index in [9.17, 15) is 25.4 Å². The molecule has 1 aliphatic heterocycles.